The van der Waals surface area contributed by atoms with Gasteiger partial charge in [0.2, 0.25) is 11.8 Å². The Bertz CT molecular complexity index is 1110. The first kappa shape index (κ1) is 24.4. The van der Waals surface area contributed by atoms with Crippen LogP contribution in [-0.2, 0) is 16.1 Å². The van der Waals surface area contributed by atoms with Crippen molar-refractivity contribution in [3.8, 4) is 11.5 Å². The van der Waals surface area contributed by atoms with E-state index < -0.39 is 0 Å². The van der Waals surface area contributed by atoms with Crippen molar-refractivity contribution in [1.29, 1.82) is 0 Å². The predicted octanol–water partition coefficient (Wildman–Crippen LogP) is 4.20. The van der Waals surface area contributed by atoms with Gasteiger partial charge in [0, 0.05) is 38.3 Å². The minimum absolute atomic E-state index is 0.191. The summed E-state index contributed by atoms with van der Waals surface area (Å²) >= 11 is 0. The predicted molar refractivity (Wildman–Crippen MR) is 133 cm³/mol. The Kier molecular flexibility index (Phi) is 7.43. The molecule has 0 radical (unpaired) electrons. The molecule has 1 atom stereocenters. The van der Waals surface area contributed by atoms with Crippen molar-refractivity contribution >= 4 is 29.2 Å². The number of nitrogens with one attached hydrogen (secondary N) is 3. The zero-order chi connectivity index (χ0) is 24.9. The molecule has 1 aliphatic carbocycles. The zero-order valence-corrected chi connectivity index (χ0v) is 20.3. The lowest BCUT2D eigenvalue weighted by atomic mass is 10.1. The Balaban J connectivity index is 1.50. The monoisotopic (exact) mass is 480 g/mol. The van der Waals surface area contributed by atoms with Gasteiger partial charge in [-0.15, -0.1) is 0 Å². The van der Waals surface area contributed by atoms with Gasteiger partial charge in [-0.3, -0.25) is 9.59 Å². The highest BCUT2D eigenvalue weighted by Crippen LogP contribution is 2.35. The van der Waals surface area contributed by atoms with Crippen molar-refractivity contribution in [1.82, 2.24) is 10.2 Å². The number of urea groups is 1. The molecule has 1 saturated heterocycles. The summed E-state index contributed by atoms with van der Waals surface area (Å²) < 4.78 is 11.7. The number of nitrogens with zero attached hydrogens (tertiary/aromatic N) is 1. The largest absolute Gasteiger partial charge is 0.493 e. The van der Waals surface area contributed by atoms with E-state index in [2.05, 4.69) is 16.0 Å². The Morgan fingerprint density at radius 2 is 1.77 bits per heavy atom. The molecule has 1 aliphatic heterocycles. The van der Waals surface area contributed by atoms with Crippen LogP contribution in [0.2, 0.25) is 0 Å². The summed E-state index contributed by atoms with van der Waals surface area (Å²) in [6, 6.07) is 10.6. The van der Waals surface area contributed by atoms with Gasteiger partial charge < -0.3 is 30.3 Å². The quantitative estimate of drug-likeness (QED) is 0.525. The molecule has 35 heavy (non-hydrogen) atoms. The van der Waals surface area contributed by atoms with Gasteiger partial charge >= 0.3 is 6.03 Å². The van der Waals surface area contributed by atoms with Gasteiger partial charge in [0.05, 0.1) is 19.3 Å². The number of methoxy groups -OCH3 is 1. The topological polar surface area (TPSA) is 109 Å². The maximum atomic E-state index is 12.8. The van der Waals surface area contributed by atoms with Crippen LogP contribution in [0, 0.1) is 0 Å². The van der Waals surface area contributed by atoms with Crippen LogP contribution >= 0.6 is 0 Å². The smallest absolute Gasteiger partial charge is 0.318 e. The van der Waals surface area contributed by atoms with E-state index in [1.807, 2.05) is 18.2 Å². The van der Waals surface area contributed by atoms with Crippen molar-refractivity contribution in [2.75, 3.05) is 24.3 Å². The first-order chi connectivity index (χ1) is 16.8. The molecule has 1 saturated carbocycles. The number of carbonyl (C=O) groups is 3. The molecule has 0 aromatic heterocycles. The van der Waals surface area contributed by atoms with Crippen molar-refractivity contribution in [3.63, 3.8) is 0 Å². The summed E-state index contributed by atoms with van der Waals surface area (Å²) in [6.45, 7) is 3.60. The lowest BCUT2D eigenvalue weighted by Gasteiger charge is -2.19. The molecule has 2 aliphatic rings. The van der Waals surface area contributed by atoms with Crippen LogP contribution in [-0.4, -0.2) is 42.5 Å². The van der Waals surface area contributed by atoms with E-state index in [4.69, 9.17) is 9.47 Å². The molecule has 0 bridgehead atoms. The maximum absolute atomic E-state index is 12.8. The third-order valence-corrected chi connectivity index (χ3v) is 6.28. The van der Waals surface area contributed by atoms with E-state index in [9.17, 15) is 14.4 Å². The van der Waals surface area contributed by atoms with E-state index in [1.54, 1.807) is 30.2 Å². The first-order valence-corrected chi connectivity index (χ1v) is 11.9. The van der Waals surface area contributed by atoms with Gasteiger partial charge in [0.1, 0.15) is 0 Å². The minimum atomic E-state index is -0.233. The molecule has 9 heteroatoms. The van der Waals surface area contributed by atoms with Gasteiger partial charge in [-0.05, 0) is 61.1 Å². The molecular weight excluding hydrogens is 448 g/mol. The third kappa shape index (κ3) is 6.03. The van der Waals surface area contributed by atoms with Crippen LogP contribution in [0.25, 0.3) is 0 Å². The SMILES string of the molecule is COc1ccc(C2CN(Cc3ccc(NC(C)=O)cc3NC(C)=O)C(=O)N2)cc1OC1CCCC1. The van der Waals surface area contributed by atoms with Crippen LogP contribution in [0.1, 0.15) is 56.7 Å². The van der Waals surface area contributed by atoms with Gasteiger partial charge in [-0.25, -0.2) is 4.79 Å². The van der Waals surface area contributed by atoms with Crippen LogP contribution in [0.15, 0.2) is 36.4 Å². The molecule has 0 spiro atoms. The van der Waals surface area contributed by atoms with Crippen molar-refractivity contribution in [2.45, 2.75) is 58.2 Å². The van der Waals surface area contributed by atoms with Crippen molar-refractivity contribution in [2.24, 2.45) is 0 Å². The van der Waals surface area contributed by atoms with E-state index in [0.29, 0.717) is 36.0 Å². The summed E-state index contributed by atoms with van der Waals surface area (Å²) in [7, 11) is 1.62. The molecule has 186 valence electrons. The summed E-state index contributed by atoms with van der Waals surface area (Å²) in [5.41, 5.74) is 2.83. The number of hydrogen-bond donors (Lipinski definition) is 3. The highest BCUT2D eigenvalue weighted by molar-refractivity contribution is 5.93. The normalized spacial score (nSPS) is 17.7. The fourth-order valence-electron chi connectivity index (χ4n) is 4.61. The molecule has 3 N–H and O–H groups in total. The Hall–Kier alpha value is -3.75. The summed E-state index contributed by atoms with van der Waals surface area (Å²) in [5, 5.41) is 8.55. The fourth-order valence-corrected chi connectivity index (χ4v) is 4.61. The van der Waals surface area contributed by atoms with Crippen LogP contribution in [0.4, 0.5) is 16.2 Å². The Morgan fingerprint density at radius 1 is 1.03 bits per heavy atom. The second kappa shape index (κ2) is 10.7. The number of ether oxygens (including phenoxy) is 2. The lowest BCUT2D eigenvalue weighted by molar-refractivity contribution is -0.115. The van der Waals surface area contributed by atoms with E-state index >= 15 is 0 Å². The molecule has 1 heterocycles. The highest BCUT2D eigenvalue weighted by Gasteiger charge is 2.31. The third-order valence-electron chi connectivity index (χ3n) is 6.28. The zero-order valence-electron chi connectivity index (χ0n) is 20.3. The van der Waals surface area contributed by atoms with E-state index in [-0.39, 0.29) is 30.0 Å². The summed E-state index contributed by atoms with van der Waals surface area (Å²) in [6.07, 6.45) is 4.62. The van der Waals surface area contributed by atoms with Crippen LogP contribution in [0.5, 0.6) is 11.5 Å². The number of carbonyl (C=O) groups excluding carboxylic acids is 3. The molecule has 9 nitrogen and oxygen atoms in total. The van der Waals surface area contributed by atoms with Crippen LogP contribution in [0.3, 0.4) is 0 Å². The van der Waals surface area contributed by atoms with Gasteiger partial charge in [-0.2, -0.15) is 0 Å². The maximum Gasteiger partial charge on any atom is 0.318 e. The number of benzene rings is 2. The van der Waals surface area contributed by atoms with E-state index in [1.165, 1.54) is 26.7 Å². The average molecular weight is 481 g/mol. The first-order valence-electron chi connectivity index (χ1n) is 11.9. The summed E-state index contributed by atoms with van der Waals surface area (Å²) in [4.78, 5) is 37.6. The number of rotatable bonds is 8. The minimum Gasteiger partial charge on any atom is -0.493 e. The standard InChI is InChI=1S/C26H32N4O5/c1-16(31)27-20-10-8-19(22(13-20)28-17(2)32)14-30-15-23(29-26(30)33)18-9-11-24(34-3)25(12-18)35-21-6-4-5-7-21/h8-13,21,23H,4-7,14-15H2,1-3H3,(H,27,31)(H,28,32)(H,29,33). The van der Waals surface area contributed by atoms with Crippen LogP contribution < -0.4 is 25.4 Å². The highest BCUT2D eigenvalue weighted by atomic mass is 16.5. The lowest BCUT2D eigenvalue weighted by Crippen LogP contribution is -2.28. The molecule has 2 aromatic carbocycles. The number of hydrogen-bond acceptors (Lipinski definition) is 5. The molecule has 2 aromatic rings. The molecular formula is C26H32N4O5. The number of anilines is 2. The molecule has 2 fully saturated rings. The van der Waals surface area contributed by atoms with Gasteiger partial charge in [-0.1, -0.05) is 12.1 Å². The molecule has 1 unspecified atom stereocenters. The number of amides is 4. The Morgan fingerprint density at radius 3 is 2.46 bits per heavy atom. The molecule has 4 rings (SSSR count). The molecule has 4 amide bonds. The second-order valence-electron chi connectivity index (χ2n) is 9.05. The summed E-state index contributed by atoms with van der Waals surface area (Å²) in [5.74, 6) is 0.944. The van der Waals surface area contributed by atoms with Crippen molar-refractivity contribution < 1.29 is 23.9 Å². The fraction of sp³-hybridized carbons (Fsp3) is 0.423. The van der Waals surface area contributed by atoms with E-state index in [0.717, 1.165) is 24.0 Å². The Labute approximate surface area is 205 Å². The average Bonchev–Trinajstić information content (AvgIpc) is 3.44. The van der Waals surface area contributed by atoms with Gasteiger partial charge in [0.25, 0.3) is 0 Å². The second-order valence-corrected chi connectivity index (χ2v) is 9.05. The van der Waals surface area contributed by atoms with Gasteiger partial charge in [0.15, 0.2) is 11.5 Å². The van der Waals surface area contributed by atoms with Crippen molar-refractivity contribution in [3.05, 3.63) is 47.5 Å².